The Hall–Kier alpha value is -2.24. The Bertz CT molecular complexity index is 1020. The van der Waals surface area contributed by atoms with Gasteiger partial charge < -0.3 is 4.18 Å². The van der Waals surface area contributed by atoms with E-state index in [9.17, 15) is 31.2 Å². The normalized spacial score (nSPS) is 17.3. The molecule has 2 aromatic carbocycles. The third-order valence-corrected chi connectivity index (χ3v) is 5.06. The lowest BCUT2D eigenvalue weighted by molar-refractivity contribution is -0.640. The minimum atomic E-state index is -5.88. The summed E-state index contributed by atoms with van der Waals surface area (Å²) >= 11 is 3.22. The summed E-state index contributed by atoms with van der Waals surface area (Å²) in [6.07, 6.45) is 0. The maximum absolute atomic E-state index is 12.5. The van der Waals surface area contributed by atoms with E-state index < -0.39 is 33.2 Å². The molecular weight excluding hydrogens is 443 g/mol. The van der Waals surface area contributed by atoms with Gasteiger partial charge in [-0.3, -0.25) is 0 Å². The fourth-order valence-corrected chi connectivity index (χ4v) is 3.10. The predicted octanol–water partition coefficient (Wildman–Crippen LogP) is 2.19. The summed E-state index contributed by atoms with van der Waals surface area (Å²) < 4.78 is 64.1. The molecule has 3 rings (SSSR count). The van der Waals surface area contributed by atoms with E-state index in [4.69, 9.17) is 0 Å². The van der Waals surface area contributed by atoms with Gasteiger partial charge in [0.05, 0.1) is 5.56 Å². The predicted molar refractivity (Wildman–Crippen MR) is 85.5 cm³/mol. The molecular formula is C15H8BrF3NO5S+. The molecule has 0 radical (unpaired) electrons. The molecule has 26 heavy (non-hydrogen) atoms. The van der Waals surface area contributed by atoms with Crippen LogP contribution in [0.2, 0.25) is 0 Å². The van der Waals surface area contributed by atoms with Crippen LogP contribution < -0.4 is 9.08 Å². The highest BCUT2D eigenvalue weighted by molar-refractivity contribution is 9.10. The van der Waals surface area contributed by atoms with Crippen molar-refractivity contribution in [2.24, 2.45) is 0 Å². The topological polar surface area (TPSA) is 82.0 Å². The summed E-state index contributed by atoms with van der Waals surface area (Å²) in [6.45, 7) is 0. The van der Waals surface area contributed by atoms with Gasteiger partial charge in [-0.25, -0.2) is 9.59 Å². The minimum Gasteiger partial charge on any atom is -0.376 e. The van der Waals surface area contributed by atoms with Crippen LogP contribution in [0.1, 0.15) is 20.7 Å². The number of amides is 2. The van der Waals surface area contributed by atoms with Crippen molar-refractivity contribution in [1.82, 2.24) is 0 Å². The van der Waals surface area contributed by atoms with E-state index in [2.05, 4.69) is 20.1 Å². The summed E-state index contributed by atoms with van der Waals surface area (Å²) in [5.41, 5.74) is -5.53. The van der Waals surface area contributed by atoms with Crippen molar-refractivity contribution in [3.05, 3.63) is 58.1 Å². The molecule has 0 saturated heterocycles. The zero-order valence-electron chi connectivity index (χ0n) is 12.5. The molecule has 0 spiro atoms. The van der Waals surface area contributed by atoms with E-state index in [-0.39, 0.29) is 16.0 Å². The first-order chi connectivity index (χ1) is 12.0. The van der Waals surface area contributed by atoms with Gasteiger partial charge in [-0.1, -0.05) is 15.9 Å². The van der Waals surface area contributed by atoms with Crippen LogP contribution in [0.5, 0.6) is 5.75 Å². The van der Waals surface area contributed by atoms with Crippen molar-refractivity contribution in [3.8, 4) is 5.75 Å². The number of hydrogen-bond acceptors (Lipinski definition) is 5. The summed E-state index contributed by atoms with van der Waals surface area (Å²) in [5, 5.41) is 0. The van der Waals surface area contributed by atoms with Crippen molar-refractivity contribution >= 4 is 43.5 Å². The van der Waals surface area contributed by atoms with Gasteiger partial charge in [0.15, 0.2) is 0 Å². The number of carbonyl (C=O) groups is 2. The second-order valence-corrected chi connectivity index (χ2v) is 7.68. The van der Waals surface area contributed by atoms with Gasteiger partial charge in [0.2, 0.25) is 0 Å². The van der Waals surface area contributed by atoms with Gasteiger partial charge in [0.25, 0.3) is 0 Å². The largest absolute Gasteiger partial charge is 0.534 e. The lowest BCUT2D eigenvalue weighted by atomic mass is 10.1. The number of fused-ring (bicyclic) bond motifs is 1. The van der Waals surface area contributed by atoms with Crippen LogP contribution in [0.15, 0.2) is 46.9 Å². The van der Waals surface area contributed by atoms with E-state index in [1.807, 2.05) is 0 Å². The van der Waals surface area contributed by atoms with Crippen molar-refractivity contribution < 1.29 is 40.3 Å². The van der Waals surface area contributed by atoms with Crippen molar-refractivity contribution in [1.29, 1.82) is 0 Å². The number of hydrogen-bond donors (Lipinski definition) is 1. The van der Waals surface area contributed by atoms with Crippen LogP contribution in [0, 0.1) is 0 Å². The molecule has 0 bridgehead atoms. The summed E-state index contributed by atoms with van der Waals surface area (Å²) in [4.78, 5) is 24.8. The fraction of sp³-hybridized carbons (Fsp3) is 0.0667. The van der Waals surface area contributed by atoms with E-state index in [0.29, 0.717) is 5.69 Å². The molecule has 11 heteroatoms. The third-order valence-electron chi connectivity index (χ3n) is 3.56. The first-order valence-electron chi connectivity index (χ1n) is 6.88. The molecule has 1 unspecified atom stereocenters. The van der Waals surface area contributed by atoms with Gasteiger partial charge in [0.1, 0.15) is 17.0 Å². The van der Waals surface area contributed by atoms with Gasteiger partial charge in [-0.2, -0.15) is 26.5 Å². The Morgan fingerprint density at radius 2 is 1.50 bits per heavy atom. The molecule has 136 valence electrons. The number of quaternary nitrogens is 1. The Morgan fingerprint density at radius 1 is 0.923 bits per heavy atom. The molecule has 1 aliphatic heterocycles. The number of imide groups is 1. The molecule has 0 aliphatic carbocycles. The lowest BCUT2D eigenvalue weighted by Gasteiger charge is -2.09. The lowest BCUT2D eigenvalue weighted by Crippen LogP contribution is -3.10. The monoisotopic (exact) mass is 450 g/mol. The SMILES string of the molecule is O=C1c2ccc(OS(=O)(=O)C(F)(F)F)cc2C(=O)[NH+]1c1ccc(Br)cc1. The molecule has 2 amide bonds. The molecule has 0 saturated carbocycles. The molecule has 0 fully saturated rings. The zero-order valence-corrected chi connectivity index (χ0v) is 14.9. The Balaban J connectivity index is 1.97. The summed E-state index contributed by atoms with van der Waals surface area (Å²) in [5.74, 6) is -2.03. The number of carbonyl (C=O) groups excluding carboxylic acids is 2. The van der Waals surface area contributed by atoms with Gasteiger partial charge in [-0.05, 0) is 30.3 Å². The molecule has 1 aliphatic rings. The molecule has 1 N–H and O–H groups in total. The van der Waals surface area contributed by atoms with Crippen LogP contribution in [0.25, 0.3) is 0 Å². The van der Waals surface area contributed by atoms with Gasteiger partial charge in [-0.15, -0.1) is 0 Å². The number of rotatable bonds is 3. The highest BCUT2D eigenvalue weighted by atomic mass is 79.9. The average molecular weight is 451 g/mol. The van der Waals surface area contributed by atoms with Crippen molar-refractivity contribution in [3.63, 3.8) is 0 Å². The summed E-state index contributed by atoms with van der Waals surface area (Å²) in [6, 6.07) is 9.07. The third kappa shape index (κ3) is 3.13. The molecule has 1 heterocycles. The summed E-state index contributed by atoms with van der Waals surface area (Å²) in [7, 11) is -5.88. The number of halogens is 4. The maximum atomic E-state index is 12.5. The fourth-order valence-electron chi connectivity index (χ4n) is 2.39. The van der Waals surface area contributed by atoms with E-state index in [1.54, 1.807) is 12.1 Å². The number of benzene rings is 2. The second-order valence-electron chi connectivity index (χ2n) is 5.23. The Kier molecular flexibility index (Phi) is 4.41. The molecule has 2 aromatic rings. The first kappa shape index (κ1) is 18.5. The van der Waals surface area contributed by atoms with Gasteiger partial charge in [0, 0.05) is 16.6 Å². The van der Waals surface area contributed by atoms with Crippen molar-refractivity contribution in [2.45, 2.75) is 5.51 Å². The highest BCUT2D eigenvalue weighted by Crippen LogP contribution is 2.29. The molecule has 0 aromatic heterocycles. The molecule has 1 atom stereocenters. The molecule has 6 nitrogen and oxygen atoms in total. The van der Waals surface area contributed by atoms with Crippen molar-refractivity contribution in [2.75, 3.05) is 0 Å². The smallest absolute Gasteiger partial charge is 0.376 e. The Labute approximate surface area is 153 Å². The average Bonchev–Trinajstić information content (AvgIpc) is 2.78. The van der Waals surface area contributed by atoms with Crippen LogP contribution >= 0.6 is 15.9 Å². The quantitative estimate of drug-likeness (QED) is 0.440. The van der Waals surface area contributed by atoms with Crippen LogP contribution in [0.3, 0.4) is 0 Å². The standard InChI is InChI=1S/C15H7BrF3NO5S/c16-8-1-3-9(4-2-8)20-13(21)11-6-5-10(7-12(11)14(20)22)25-26(23,24)15(17,18)19/h1-7H/p+1. The van der Waals surface area contributed by atoms with E-state index in [0.717, 1.165) is 22.7 Å². The van der Waals surface area contributed by atoms with Crippen LogP contribution in [-0.2, 0) is 10.1 Å². The minimum absolute atomic E-state index is 0.0373. The Morgan fingerprint density at radius 3 is 2.08 bits per heavy atom. The number of nitrogens with one attached hydrogen (secondary N) is 1. The zero-order chi connectivity index (χ0) is 19.3. The second kappa shape index (κ2) is 6.18. The van der Waals surface area contributed by atoms with Crippen LogP contribution in [0.4, 0.5) is 18.9 Å². The number of alkyl halides is 3. The van der Waals surface area contributed by atoms with Gasteiger partial charge >= 0.3 is 27.4 Å². The maximum Gasteiger partial charge on any atom is 0.534 e. The van der Waals surface area contributed by atoms with E-state index in [1.165, 1.54) is 12.1 Å². The first-order valence-corrected chi connectivity index (χ1v) is 9.08. The van der Waals surface area contributed by atoms with E-state index >= 15 is 0 Å². The highest BCUT2D eigenvalue weighted by Gasteiger charge is 2.49. The van der Waals surface area contributed by atoms with Crippen LogP contribution in [-0.4, -0.2) is 25.7 Å².